The van der Waals surface area contributed by atoms with E-state index in [0.29, 0.717) is 6.04 Å². The summed E-state index contributed by atoms with van der Waals surface area (Å²) in [7, 11) is 0. The zero-order valence-corrected chi connectivity index (χ0v) is 13.0. The average Bonchev–Trinajstić information content (AvgIpc) is 3.07. The molecule has 3 rings (SSSR count). The average molecular weight is 289 g/mol. The predicted molar refractivity (Wildman–Crippen MR) is 85.5 cm³/mol. The fourth-order valence-electron chi connectivity index (χ4n) is 3.41. The van der Waals surface area contributed by atoms with Crippen LogP contribution < -0.4 is 10.2 Å². The second-order valence-corrected chi connectivity index (χ2v) is 6.31. The molecule has 1 saturated carbocycles. The van der Waals surface area contributed by atoms with Gasteiger partial charge in [0.25, 0.3) is 0 Å². The molecule has 2 aliphatic rings. The van der Waals surface area contributed by atoms with Crippen LogP contribution in [0, 0.1) is 0 Å². The van der Waals surface area contributed by atoms with Gasteiger partial charge in [-0.3, -0.25) is 4.90 Å². The van der Waals surface area contributed by atoms with E-state index >= 15 is 0 Å². The van der Waals surface area contributed by atoms with Crippen molar-refractivity contribution < 1.29 is 0 Å². The van der Waals surface area contributed by atoms with E-state index in [4.69, 9.17) is 0 Å². The lowest BCUT2D eigenvalue weighted by molar-refractivity contribution is 0.189. The van der Waals surface area contributed by atoms with Crippen molar-refractivity contribution in [3.8, 4) is 0 Å². The standard InChI is InChI=1S/C16H27N5/c1-14(13-19-15-5-2-3-6-15)20-9-11-21(12-10-20)16-17-7-4-8-18-16/h4,7-8,14-15,19H,2-3,5-6,9-13H2,1H3. The molecule has 0 spiro atoms. The fraction of sp³-hybridized carbons (Fsp3) is 0.750. The quantitative estimate of drug-likeness (QED) is 0.890. The predicted octanol–water partition coefficient (Wildman–Crippen LogP) is 1.52. The molecule has 0 aromatic carbocycles. The van der Waals surface area contributed by atoms with Crippen molar-refractivity contribution in [3.63, 3.8) is 0 Å². The van der Waals surface area contributed by atoms with Gasteiger partial charge in [-0.05, 0) is 25.8 Å². The number of nitrogens with zero attached hydrogens (tertiary/aromatic N) is 4. The number of nitrogens with one attached hydrogen (secondary N) is 1. The summed E-state index contributed by atoms with van der Waals surface area (Å²) in [4.78, 5) is 13.6. The number of hydrogen-bond acceptors (Lipinski definition) is 5. The first-order valence-electron chi connectivity index (χ1n) is 8.32. The van der Waals surface area contributed by atoms with Crippen molar-refractivity contribution in [1.82, 2.24) is 20.2 Å². The summed E-state index contributed by atoms with van der Waals surface area (Å²) in [6, 6.07) is 3.26. The van der Waals surface area contributed by atoms with Crippen LogP contribution in [0.15, 0.2) is 18.5 Å². The molecular weight excluding hydrogens is 262 g/mol. The number of anilines is 1. The van der Waals surface area contributed by atoms with Crippen LogP contribution in [0.5, 0.6) is 0 Å². The first kappa shape index (κ1) is 14.7. The lowest BCUT2D eigenvalue weighted by atomic mass is 10.2. The highest BCUT2D eigenvalue weighted by Crippen LogP contribution is 2.18. The van der Waals surface area contributed by atoms with Gasteiger partial charge in [-0.15, -0.1) is 0 Å². The lowest BCUT2D eigenvalue weighted by Crippen LogP contribution is -2.52. The Balaban J connectivity index is 1.42. The molecule has 1 aliphatic heterocycles. The molecule has 2 heterocycles. The molecule has 0 radical (unpaired) electrons. The van der Waals surface area contributed by atoms with Gasteiger partial charge in [-0.1, -0.05) is 12.8 Å². The summed E-state index contributed by atoms with van der Waals surface area (Å²) < 4.78 is 0. The van der Waals surface area contributed by atoms with Gasteiger partial charge < -0.3 is 10.2 Å². The summed E-state index contributed by atoms with van der Waals surface area (Å²) in [6.45, 7) is 7.72. The zero-order valence-electron chi connectivity index (χ0n) is 13.0. The van der Waals surface area contributed by atoms with Gasteiger partial charge >= 0.3 is 0 Å². The molecule has 1 N–H and O–H groups in total. The Morgan fingerprint density at radius 2 is 1.81 bits per heavy atom. The maximum Gasteiger partial charge on any atom is 0.225 e. The molecule has 1 atom stereocenters. The van der Waals surface area contributed by atoms with Crippen molar-refractivity contribution in [3.05, 3.63) is 18.5 Å². The van der Waals surface area contributed by atoms with Crippen molar-refractivity contribution in [2.75, 3.05) is 37.6 Å². The summed E-state index contributed by atoms with van der Waals surface area (Å²) in [5.74, 6) is 0.869. The second kappa shape index (κ2) is 7.18. The SMILES string of the molecule is CC(CNC1CCCC1)N1CCN(c2ncccn2)CC1. The molecule has 5 nitrogen and oxygen atoms in total. The Bertz CT molecular complexity index is 410. The van der Waals surface area contributed by atoms with Crippen LogP contribution in [0.3, 0.4) is 0 Å². The molecule has 0 amide bonds. The van der Waals surface area contributed by atoms with Gasteiger partial charge in [0.2, 0.25) is 5.95 Å². The zero-order chi connectivity index (χ0) is 14.5. The maximum atomic E-state index is 4.34. The van der Waals surface area contributed by atoms with Crippen LogP contribution in [0.1, 0.15) is 32.6 Å². The molecule has 2 fully saturated rings. The molecular formula is C16H27N5. The lowest BCUT2D eigenvalue weighted by Gasteiger charge is -2.38. The molecule has 116 valence electrons. The van der Waals surface area contributed by atoms with E-state index in [1.165, 1.54) is 25.7 Å². The Labute approximate surface area is 127 Å². The normalized spacial score (nSPS) is 22.6. The largest absolute Gasteiger partial charge is 0.338 e. The van der Waals surface area contributed by atoms with E-state index in [9.17, 15) is 0 Å². The molecule has 1 aromatic heterocycles. The highest BCUT2D eigenvalue weighted by atomic mass is 15.3. The number of rotatable bonds is 5. The van der Waals surface area contributed by atoms with E-state index < -0.39 is 0 Å². The van der Waals surface area contributed by atoms with Crippen LogP contribution >= 0.6 is 0 Å². The molecule has 1 aromatic rings. The molecule has 1 saturated heterocycles. The number of hydrogen-bond donors (Lipinski definition) is 1. The van der Waals surface area contributed by atoms with Crippen LogP contribution in [0.2, 0.25) is 0 Å². The third-order valence-electron chi connectivity index (χ3n) is 4.83. The van der Waals surface area contributed by atoms with E-state index in [-0.39, 0.29) is 0 Å². The molecule has 1 unspecified atom stereocenters. The summed E-state index contributed by atoms with van der Waals surface area (Å²) in [5.41, 5.74) is 0. The molecule has 0 bridgehead atoms. The fourth-order valence-corrected chi connectivity index (χ4v) is 3.41. The van der Waals surface area contributed by atoms with Crippen LogP contribution in [-0.2, 0) is 0 Å². The second-order valence-electron chi connectivity index (χ2n) is 6.31. The van der Waals surface area contributed by atoms with Crippen LogP contribution in [-0.4, -0.2) is 59.7 Å². The minimum Gasteiger partial charge on any atom is -0.338 e. The van der Waals surface area contributed by atoms with Gasteiger partial charge in [-0.2, -0.15) is 0 Å². The van der Waals surface area contributed by atoms with E-state index in [1.807, 2.05) is 18.5 Å². The summed E-state index contributed by atoms with van der Waals surface area (Å²) in [6.07, 6.45) is 9.19. The maximum absolute atomic E-state index is 4.34. The highest BCUT2D eigenvalue weighted by molar-refractivity contribution is 5.29. The van der Waals surface area contributed by atoms with Crippen molar-refractivity contribution in [2.24, 2.45) is 0 Å². The Morgan fingerprint density at radius 1 is 1.14 bits per heavy atom. The molecule has 1 aliphatic carbocycles. The van der Waals surface area contributed by atoms with Crippen LogP contribution in [0.25, 0.3) is 0 Å². The Morgan fingerprint density at radius 3 is 2.48 bits per heavy atom. The van der Waals surface area contributed by atoms with Crippen LogP contribution in [0.4, 0.5) is 5.95 Å². The Kier molecular flexibility index (Phi) is 5.04. The van der Waals surface area contributed by atoms with E-state index in [1.54, 1.807) is 0 Å². The summed E-state index contributed by atoms with van der Waals surface area (Å²) >= 11 is 0. The molecule has 5 heteroatoms. The number of piperazine rings is 1. The minimum absolute atomic E-state index is 0.615. The molecule has 21 heavy (non-hydrogen) atoms. The minimum atomic E-state index is 0.615. The number of aromatic nitrogens is 2. The van der Waals surface area contributed by atoms with Crippen molar-refractivity contribution >= 4 is 5.95 Å². The Hall–Kier alpha value is -1.20. The summed E-state index contributed by atoms with van der Waals surface area (Å²) in [5, 5.41) is 3.74. The van der Waals surface area contributed by atoms with Gasteiger partial charge in [0.1, 0.15) is 0 Å². The van der Waals surface area contributed by atoms with Gasteiger partial charge in [0.15, 0.2) is 0 Å². The monoisotopic (exact) mass is 289 g/mol. The third kappa shape index (κ3) is 3.92. The van der Waals surface area contributed by atoms with Crippen molar-refractivity contribution in [1.29, 1.82) is 0 Å². The van der Waals surface area contributed by atoms with E-state index in [2.05, 4.69) is 32.0 Å². The first-order chi connectivity index (χ1) is 10.3. The first-order valence-corrected chi connectivity index (χ1v) is 8.32. The van der Waals surface area contributed by atoms with Gasteiger partial charge in [0.05, 0.1) is 0 Å². The van der Waals surface area contributed by atoms with Crippen molar-refractivity contribution in [2.45, 2.75) is 44.7 Å². The van der Waals surface area contributed by atoms with Gasteiger partial charge in [-0.25, -0.2) is 9.97 Å². The highest BCUT2D eigenvalue weighted by Gasteiger charge is 2.23. The van der Waals surface area contributed by atoms with E-state index in [0.717, 1.165) is 44.7 Å². The topological polar surface area (TPSA) is 44.3 Å². The third-order valence-corrected chi connectivity index (χ3v) is 4.83. The van der Waals surface area contributed by atoms with Gasteiger partial charge in [0, 0.05) is 57.2 Å². The smallest absolute Gasteiger partial charge is 0.225 e.